The van der Waals surface area contributed by atoms with E-state index in [1.165, 1.54) is 0 Å². The molecule has 1 atom stereocenters. The third-order valence-corrected chi connectivity index (χ3v) is 2.26. The zero-order valence-electron chi connectivity index (χ0n) is 7.71. The highest BCUT2D eigenvalue weighted by molar-refractivity contribution is 5.79. The SMILES string of the molecule is C=C1CC(CCCC=O)CC(=O)N1. The molecule has 0 saturated carbocycles. The van der Waals surface area contributed by atoms with Crippen LogP contribution >= 0.6 is 0 Å². The third kappa shape index (κ3) is 3.40. The van der Waals surface area contributed by atoms with Crippen LogP contribution in [0.4, 0.5) is 0 Å². The molecule has 1 saturated heterocycles. The molecule has 0 aromatic heterocycles. The summed E-state index contributed by atoms with van der Waals surface area (Å²) in [4.78, 5) is 21.2. The topological polar surface area (TPSA) is 46.2 Å². The highest BCUT2D eigenvalue weighted by atomic mass is 16.1. The fourth-order valence-corrected chi connectivity index (χ4v) is 1.68. The molecule has 1 unspecified atom stereocenters. The minimum atomic E-state index is 0.0624. The van der Waals surface area contributed by atoms with Gasteiger partial charge in [0.25, 0.3) is 0 Å². The van der Waals surface area contributed by atoms with E-state index in [9.17, 15) is 9.59 Å². The summed E-state index contributed by atoms with van der Waals surface area (Å²) in [5, 5.41) is 2.70. The van der Waals surface area contributed by atoms with Gasteiger partial charge in [-0.05, 0) is 25.2 Å². The molecule has 72 valence electrons. The quantitative estimate of drug-likeness (QED) is 0.526. The Kier molecular flexibility index (Phi) is 3.68. The predicted octanol–water partition coefficient (Wildman–Crippen LogP) is 1.40. The van der Waals surface area contributed by atoms with Crippen molar-refractivity contribution in [3.63, 3.8) is 0 Å². The van der Waals surface area contributed by atoms with Crippen molar-refractivity contribution in [2.45, 2.75) is 32.1 Å². The molecule has 1 rings (SSSR count). The molecule has 3 nitrogen and oxygen atoms in total. The number of carbonyl (C=O) groups excluding carboxylic acids is 2. The van der Waals surface area contributed by atoms with Crippen molar-refractivity contribution >= 4 is 12.2 Å². The highest BCUT2D eigenvalue weighted by Gasteiger charge is 2.20. The van der Waals surface area contributed by atoms with Crippen LogP contribution in [0.5, 0.6) is 0 Å². The number of rotatable bonds is 4. The Morgan fingerprint density at radius 3 is 2.92 bits per heavy atom. The van der Waals surface area contributed by atoms with Gasteiger partial charge < -0.3 is 10.1 Å². The van der Waals surface area contributed by atoms with Crippen LogP contribution in [0.1, 0.15) is 32.1 Å². The van der Waals surface area contributed by atoms with Crippen LogP contribution in [-0.4, -0.2) is 12.2 Å². The molecule has 1 N–H and O–H groups in total. The second-order valence-corrected chi connectivity index (χ2v) is 3.52. The number of aldehydes is 1. The van der Waals surface area contributed by atoms with Crippen molar-refractivity contribution in [1.29, 1.82) is 0 Å². The van der Waals surface area contributed by atoms with E-state index in [0.29, 0.717) is 18.8 Å². The van der Waals surface area contributed by atoms with Crippen LogP contribution in [0.25, 0.3) is 0 Å². The monoisotopic (exact) mass is 181 g/mol. The van der Waals surface area contributed by atoms with Crippen LogP contribution in [0.3, 0.4) is 0 Å². The lowest BCUT2D eigenvalue weighted by atomic mass is 9.91. The average Bonchev–Trinajstić information content (AvgIpc) is 2.03. The van der Waals surface area contributed by atoms with Gasteiger partial charge in [-0.2, -0.15) is 0 Å². The Labute approximate surface area is 78.2 Å². The molecule has 3 heteroatoms. The van der Waals surface area contributed by atoms with Crippen molar-refractivity contribution in [3.8, 4) is 0 Å². The molecule has 1 aliphatic rings. The van der Waals surface area contributed by atoms with Gasteiger partial charge in [0.1, 0.15) is 6.29 Å². The molecule has 13 heavy (non-hydrogen) atoms. The second kappa shape index (κ2) is 4.80. The first-order chi connectivity index (χ1) is 6.22. The summed E-state index contributed by atoms with van der Waals surface area (Å²) >= 11 is 0. The van der Waals surface area contributed by atoms with Crippen molar-refractivity contribution in [3.05, 3.63) is 12.3 Å². The molecule has 1 aliphatic heterocycles. The van der Waals surface area contributed by atoms with Crippen LogP contribution in [0.15, 0.2) is 12.3 Å². The molecular formula is C10H15NO2. The number of nitrogens with one attached hydrogen (secondary N) is 1. The summed E-state index contributed by atoms with van der Waals surface area (Å²) < 4.78 is 0. The number of unbranched alkanes of at least 4 members (excludes halogenated alkanes) is 1. The molecule has 0 aromatic carbocycles. The third-order valence-electron chi connectivity index (χ3n) is 2.26. The maximum absolute atomic E-state index is 11.1. The first kappa shape index (κ1) is 9.96. The second-order valence-electron chi connectivity index (χ2n) is 3.52. The van der Waals surface area contributed by atoms with Gasteiger partial charge in [-0.1, -0.05) is 6.58 Å². The van der Waals surface area contributed by atoms with Gasteiger partial charge in [0.2, 0.25) is 5.91 Å². The Morgan fingerprint density at radius 2 is 2.31 bits per heavy atom. The zero-order chi connectivity index (χ0) is 9.68. The lowest BCUT2D eigenvalue weighted by Gasteiger charge is -2.23. The number of carbonyl (C=O) groups is 2. The standard InChI is InChI=1S/C10H15NO2/c1-8-6-9(4-2-3-5-12)7-10(13)11-8/h5,9H,1-4,6-7H2,(H,11,13). The fraction of sp³-hybridized carbons (Fsp3) is 0.600. The maximum atomic E-state index is 11.1. The molecular weight excluding hydrogens is 166 g/mol. The van der Waals surface area contributed by atoms with Crippen LogP contribution in [-0.2, 0) is 9.59 Å². The van der Waals surface area contributed by atoms with Crippen molar-refractivity contribution in [2.75, 3.05) is 0 Å². The van der Waals surface area contributed by atoms with Crippen molar-refractivity contribution in [2.24, 2.45) is 5.92 Å². The Bertz CT molecular complexity index is 207. The van der Waals surface area contributed by atoms with E-state index >= 15 is 0 Å². The number of hydrogen-bond donors (Lipinski definition) is 1. The number of allylic oxidation sites excluding steroid dienone is 1. The first-order valence-electron chi connectivity index (χ1n) is 4.63. The van der Waals surface area contributed by atoms with Gasteiger partial charge in [0.05, 0.1) is 0 Å². The van der Waals surface area contributed by atoms with E-state index < -0.39 is 0 Å². The number of amides is 1. The van der Waals surface area contributed by atoms with E-state index in [1.54, 1.807) is 0 Å². The molecule has 1 amide bonds. The summed E-state index contributed by atoms with van der Waals surface area (Å²) in [6, 6.07) is 0. The summed E-state index contributed by atoms with van der Waals surface area (Å²) in [6.07, 6.45) is 4.81. The van der Waals surface area contributed by atoms with Gasteiger partial charge >= 0.3 is 0 Å². The molecule has 1 heterocycles. The molecule has 0 spiro atoms. The minimum Gasteiger partial charge on any atom is -0.330 e. The first-order valence-corrected chi connectivity index (χ1v) is 4.63. The van der Waals surface area contributed by atoms with E-state index in [-0.39, 0.29) is 5.91 Å². The summed E-state index contributed by atoms with van der Waals surface area (Å²) in [7, 11) is 0. The summed E-state index contributed by atoms with van der Waals surface area (Å²) in [5.41, 5.74) is 0.812. The van der Waals surface area contributed by atoms with Gasteiger partial charge in [0, 0.05) is 18.5 Å². The van der Waals surface area contributed by atoms with Gasteiger partial charge in [-0.25, -0.2) is 0 Å². The smallest absolute Gasteiger partial charge is 0.224 e. The van der Waals surface area contributed by atoms with Gasteiger partial charge in [-0.3, -0.25) is 4.79 Å². The molecule has 0 radical (unpaired) electrons. The number of hydrogen-bond acceptors (Lipinski definition) is 2. The van der Waals surface area contributed by atoms with Crippen LogP contribution < -0.4 is 5.32 Å². The number of piperidine rings is 1. The van der Waals surface area contributed by atoms with Crippen molar-refractivity contribution < 1.29 is 9.59 Å². The summed E-state index contributed by atoms with van der Waals surface area (Å²) in [5.74, 6) is 0.452. The predicted molar refractivity (Wildman–Crippen MR) is 49.9 cm³/mol. The lowest BCUT2D eigenvalue weighted by molar-refractivity contribution is -0.122. The molecule has 0 bridgehead atoms. The highest BCUT2D eigenvalue weighted by Crippen LogP contribution is 2.23. The molecule has 1 fully saturated rings. The van der Waals surface area contributed by atoms with Gasteiger partial charge in [0.15, 0.2) is 0 Å². The lowest BCUT2D eigenvalue weighted by Crippen LogP contribution is -2.31. The largest absolute Gasteiger partial charge is 0.330 e. The van der Waals surface area contributed by atoms with E-state index in [0.717, 1.165) is 31.2 Å². The van der Waals surface area contributed by atoms with Gasteiger partial charge in [-0.15, -0.1) is 0 Å². The Morgan fingerprint density at radius 1 is 1.54 bits per heavy atom. The molecule has 0 aromatic rings. The Balaban J connectivity index is 2.28. The zero-order valence-corrected chi connectivity index (χ0v) is 7.71. The summed E-state index contributed by atoms with van der Waals surface area (Å²) in [6.45, 7) is 3.74. The maximum Gasteiger partial charge on any atom is 0.224 e. The average molecular weight is 181 g/mol. The van der Waals surface area contributed by atoms with Crippen molar-refractivity contribution in [1.82, 2.24) is 5.32 Å². The fourth-order valence-electron chi connectivity index (χ4n) is 1.68. The van der Waals surface area contributed by atoms with E-state index in [1.807, 2.05) is 0 Å². The minimum absolute atomic E-state index is 0.0624. The van der Waals surface area contributed by atoms with Crippen LogP contribution in [0.2, 0.25) is 0 Å². The molecule has 0 aliphatic carbocycles. The van der Waals surface area contributed by atoms with Crippen LogP contribution in [0, 0.1) is 5.92 Å². The Hall–Kier alpha value is -1.12. The normalized spacial score (nSPS) is 22.6. The van der Waals surface area contributed by atoms with E-state index in [2.05, 4.69) is 11.9 Å². The van der Waals surface area contributed by atoms with E-state index in [4.69, 9.17) is 0 Å².